The Labute approximate surface area is 163 Å². The number of hydrogen-bond donors (Lipinski definition) is 1. The van der Waals surface area contributed by atoms with Crippen molar-refractivity contribution in [1.29, 1.82) is 0 Å². The maximum Gasteiger partial charge on any atom is 0.227 e. The van der Waals surface area contributed by atoms with Crippen molar-refractivity contribution in [3.8, 4) is 0 Å². The number of aryl methyl sites for hydroxylation is 2. The number of imidazole rings is 1. The maximum atomic E-state index is 12.6. The molecule has 1 amide bonds. The molecule has 0 spiro atoms. The average Bonchev–Trinajstić information content (AvgIpc) is 3.30. The van der Waals surface area contributed by atoms with E-state index < -0.39 is 0 Å². The van der Waals surface area contributed by atoms with Crippen LogP contribution in [0.1, 0.15) is 30.8 Å². The highest BCUT2D eigenvalue weighted by Gasteiger charge is 2.15. The molecule has 4 rings (SSSR count). The Hall–Kier alpha value is -3.41. The number of para-hydroxylation sites is 2. The number of amides is 1. The van der Waals surface area contributed by atoms with Crippen molar-refractivity contribution in [3.05, 3.63) is 78.2 Å². The quantitative estimate of drug-likeness (QED) is 0.551. The van der Waals surface area contributed by atoms with Crippen molar-refractivity contribution in [1.82, 2.24) is 19.3 Å². The van der Waals surface area contributed by atoms with Gasteiger partial charge in [0.05, 0.1) is 23.3 Å². The van der Waals surface area contributed by atoms with Gasteiger partial charge in [-0.2, -0.15) is 5.10 Å². The number of nitrogens with one attached hydrogen (secondary N) is 1. The topological polar surface area (TPSA) is 64.7 Å². The fraction of sp³-hybridized carbons (Fsp3) is 0.227. The van der Waals surface area contributed by atoms with E-state index in [1.807, 2.05) is 60.1 Å². The number of fused-ring (bicyclic) bond motifs is 1. The summed E-state index contributed by atoms with van der Waals surface area (Å²) >= 11 is 0. The molecule has 0 saturated carbocycles. The van der Waals surface area contributed by atoms with Crippen LogP contribution < -0.4 is 5.32 Å². The molecular formula is C22H23N5O. The van der Waals surface area contributed by atoms with Crippen LogP contribution in [0, 0.1) is 6.92 Å². The molecule has 0 fully saturated rings. The van der Waals surface area contributed by atoms with E-state index in [2.05, 4.69) is 39.0 Å². The molecule has 2 aromatic heterocycles. The zero-order valence-corrected chi connectivity index (χ0v) is 16.0. The first-order chi connectivity index (χ1) is 13.6. The molecular weight excluding hydrogens is 350 g/mol. The van der Waals surface area contributed by atoms with Crippen LogP contribution in [0.2, 0.25) is 0 Å². The monoisotopic (exact) mass is 373 g/mol. The van der Waals surface area contributed by atoms with Gasteiger partial charge in [0.2, 0.25) is 5.91 Å². The number of carbonyl (C=O) groups excluding carboxylic acids is 1. The largest absolute Gasteiger partial charge is 0.328 e. The maximum absolute atomic E-state index is 12.6. The average molecular weight is 373 g/mol. The summed E-state index contributed by atoms with van der Waals surface area (Å²) in [5.41, 5.74) is 3.15. The van der Waals surface area contributed by atoms with E-state index in [0.717, 1.165) is 22.4 Å². The molecule has 1 N–H and O–H groups in total. The summed E-state index contributed by atoms with van der Waals surface area (Å²) in [5, 5.41) is 7.40. The van der Waals surface area contributed by atoms with Crippen molar-refractivity contribution in [3.63, 3.8) is 0 Å². The zero-order valence-electron chi connectivity index (χ0n) is 16.0. The van der Waals surface area contributed by atoms with Gasteiger partial charge in [-0.3, -0.25) is 4.79 Å². The zero-order chi connectivity index (χ0) is 19.5. The Morgan fingerprint density at radius 2 is 1.82 bits per heavy atom. The molecule has 0 saturated heterocycles. The third-order valence-electron chi connectivity index (χ3n) is 4.99. The molecule has 6 heteroatoms. The fourth-order valence-electron chi connectivity index (χ4n) is 3.49. The molecule has 1 atom stereocenters. The molecule has 0 aliphatic carbocycles. The number of anilines is 1. The van der Waals surface area contributed by atoms with E-state index in [1.165, 1.54) is 0 Å². The predicted octanol–water partition coefficient (Wildman–Crippen LogP) is 4.18. The van der Waals surface area contributed by atoms with E-state index >= 15 is 0 Å². The van der Waals surface area contributed by atoms with E-state index in [-0.39, 0.29) is 11.9 Å². The van der Waals surface area contributed by atoms with E-state index in [1.54, 1.807) is 6.20 Å². The Bertz CT molecular complexity index is 1100. The predicted molar refractivity (Wildman–Crippen MR) is 110 cm³/mol. The number of benzene rings is 2. The molecule has 0 radical (unpaired) electrons. The summed E-state index contributed by atoms with van der Waals surface area (Å²) in [6.45, 7) is 4.62. The van der Waals surface area contributed by atoms with Crippen LogP contribution in [0.25, 0.3) is 11.0 Å². The molecule has 0 aliphatic heterocycles. The second kappa shape index (κ2) is 7.68. The molecule has 142 valence electrons. The number of hydrogen-bond acceptors (Lipinski definition) is 3. The van der Waals surface area contributed by atoms with Crippen LogP contribution >= 0.6 is 0 Å². The fourth-order valence-corrected chi connectivity index (χ4v) is 3.49. The van der Waals surface area contributed by atoms with E-state index in [9.17, 15) is 4.79 Å². The van der Waals surface area contributed by atoms with Gasteiger partial charge in [0, 0.05) is 19.0 Å². The lowest BCUT2D eigenvalue weighted by atomic mass is 10.1. The minimum atomic E-state index is -0.0424. The SMILES string of the molecule is Cc1nc2ccccc2n1CCC(=O)Nc1ccnn1C(C)c1ccccc1. The molecule has 0 bridgehead atoms. The molecule has 2 heterocycles. The third-order valence-corrected chi connectivity index (χ3v) is 4.99. The van der Waals surface area contributed by atoms with Gasteiger partial charge in [0.25, 0.3) is 0 Å². The van der Waals surface area contributed by atoms with Crippen LogP contribution in [-0.4, -0.2) is 25.2 Å². The number of carbonyl (C=O) groups is 1. The minimum absolute atomic E-state index is 0.0336. The number of aromatic nitrogens is 4. The van der Waals surface area contributed by atoms with Crippen molar-refractivity contribution in [2.75, 3.05) is 5.32 Å². The van der Waals surface area contributed by atoms with Crippen molar-refractivity contribution in [2.24, 2.45) is 0 Å². The summed E-state index contributed by atoms with van der Waals surface area (Å²) in [6.07, 6.45) is 2.08. The molecule has 28 heavy (non-hydrogen) atoms. The lowest BCUT2D eigenvalue weighted by Crippen LogP contribution is -2.19. The summed E-state index contributed by atoms with van der Waals surface area (Å²) in [4.78, 5) is 17.1. The minimum Gasteiger partial charge on any atom is -0.328 e. The normalized spacial score (nSPS) is 12.2. The van der Waals surface area contributed by atoms with Crippen molar-refractivity contribution in [2.45, 2.75) is 32.9 Å². The number of rotatable bonds is 6. The first-order valence-electron chi connectivity index (χ1n) is 9.43. The van der Waals surface area contributed by atoms with Crippen LogP contribution in [0.3, 0.4) is 0 Å². The van der Waals surface area contributed by atoms with Gasteiger partial charge >= 0.3 is 0 Å². The molecule has 1 unspecified atom stereocenters. The van der Waals surface area contributed by atoms with Gasteiger partial charge in [-0.05, 0) is 31.5 Å². The Morgan fingerprint density at radius 1 is 1.07 bits per heavy atom. The third kappa shape index (κ3) is 3.53. The molecule has 2 aromatic carbocycles. The smallest absolute Gasteiger partial charge is 0.227 e. The van der Waals surface area contributed by atoms with Gasteiger partial charge in [-0.15, -0.1) is 0 Å². The van der Waals surface area contributed by atoms with Crippen molar-refractivity contribution < 1.29 is 4.79 Å². The standard InChI is InChI=1S/C22H23N5O/c1-16(18-8-4-3-5-9-18)27-21(12-14-23-27)25-22(28)13-15-26-17(2)24-19-10-6-7-11-20(19)26/h3-12,14,16H,13,15H2,1-2H3,(H,25,28). The van der Waals surface area contributed by atoms with Gasteiger partial charge < -0.3 is 9.88 Å². The van der Waals surface area contributed by atoms with Gasteiger partial charge in [0.15, 0.2) is 0 Å². The van der Waals surface area contributed by atoms with E-state index in [0.29, 0.717) is 18.8 Å². The van der Waals surface area contributed by atoms with Gasteiger partial charge in [-0.1, -0.05) is 42.5 Å². The molecule has 6 nitrogen and oxygen atoms in total. The summed E-state index contributed by atoms with van der Waals surface area (Å²) < 4.78 is 3.92. The highest BCUT2D eigenvalue weighted by atomic mass is 16.1. The van der Waals surface area contributed by atoms with Crippen LogP contribution in [0.15, 0.2) is 66.9 Å². The van der Waals surface area contributed by atoms with Gasteiger partial charge in [0.1, 0.15) is 11.6 Å². The summed E-state index contributed by atoms with van der Waals surface area (Å²) in [5.74, 6) is 1.57. The summed E-state index contributed by atoms with van der Waals surface area (Å²) in [6, 6.07) is 20.0. The van der Waals surface area contributed by atoms with Crippen LogP contribution in [0.5, 0.6) is 0 Å². The second-order valence-corrected chi connectivity index (χ2v) is 6.85. The Balaban J connectivity index is 1.45. The lowest BCUT2D eigenvalue weighted by Gasteiger charge is -2.16. The van der Waals surface area contributed by atoms with Crippen LogP contribution in [0.4, 0.5) is 5.82 Å². The van der Waals surface area contributed by atoms with Crippen LogP contribution in [-0.2, 0) is 11.3 Å². The Kier molecular flexibility index (Phi) is 4.93. The second-order valence-electron chi connectivity index (χ2n) is 6.85. The highest BCUT2D eigenvalue weighted by molar-refractivity contribution is 5.90. The van der Waals surface area contributed by atoms with Gasteiger partial charge in [-0.25, -0.2) is 9.67 Å². The molecule has 0 aliphatic rings. The first kappa shape index (κ1) is 18.0. The first-order valence-corrected chi connectivity index (χ1v) is 9.43. The molecule has 4 aromatic rings. The number of nitrogens with zero attached hydrogens (tertiary/aromatic N) is 4. The Morgan fingerprint density at radius 3 is 2.64 bits per heavy atom. The highest BCUT2D eigenvalue weighted by Crippen LogP contribution is 2.21. The van der Waals surface area contributed by atoms with Crippen molar-refractivity contribution >= 4 is 22.8 Å². The summed E-state index contributed by atoms with van der Waals surface area (Å²) in [7, 11) is 0. The van der Waals surface area contributed by atoms with E-state index in [4.69, 9.17) is 0 Å². The lowest BCUT2D eigenvalue weighted by molar-refractivity contribution is -0.116.